The van der Waals surface area contributed by atoms with E-state index in [0.29, 0.717) is 0 Å². The van der Waals surface area contributed by atoms with Crippen molar-refractivity contribution in [1.82, 2.24) is 0 Å². The predicted molar refractivity (Wildman–Crippen MR) is 50.9 cm³/mol. The Bertz CT molecular complexity index is 173. The van der Waals surface area contributed by atoms with E-state index in [1.807, 2.05) is 13.0 Å². The summed E-state index contributed by atoms with van der Waals surface area (Å²) in [5.74, 6) is 0. The van der Waals surface area contributed by atoms with Gasteiger partial charge in [0.25, 0.3) is 0 Å². The van der Waals surface area contributed by atoms with Gasteiger partial charge in [-0.05, 0) is 27.2 Å². The van der Waals surface area contributed by atoms with Crippen molar-refractivity contribution in [2.45, 2.75) is 32.8 Å². The molecular weight excluding hydrogens is 152 g/mol. The van der Waals surface area contributed by atoms with Crippen molar-refractivity contribution in [2.24, 2.45) is 0 Å². The number of aliphatic hydroxyl groups excluding tert-OH is 1. The molecule has 0 aliphatic rings. The molecule has 0 bridgehead atoms. The minimum absolute atomic E-state index is 0.0855. The molecule has 0 aromatic heterocycles. The highest BCUT2D eigenvalue weighted by atomic mass is 16.3. The van der Waals surface area contributed by atoms with Gasteiger partial charge in [-0.3, -0.25) is 0 Å². The van der Waals surface area contributed by atoms with Gasteiger partial charge in [0.05, 0.1) is 12.2 Å². The normalized spacial score (nSPS) is 14.2. The van der Waals surface area contributed by atoms with Gasteiger partial charge in [-0.1, -0.05) is 23.8 Å². The first-order valence-electron chi connectivity index (χ1n) is 4.12. The van der Waals surface area contributed by atoms with Gasteiger partial charge >= 0.3 is 0 Å². The number of allylic oxidation sites excluding steroid dienone is 2. The van der Waals surface area contributed by atoms with Crippen LogP contribution in [-0.4, -0.2) is 22.4 Å². The molecule has 0 fully saturated rings. The Morgan fingerprint density at radius 3 is 2.42 bits per heavy atom. The standard InChI is InChI=1S/C10H18O2/c1-9(6-8-11)5-4-7-10(2,3)12/h4,6-7,11-12H,5,8H2,1-3H3/b7-4+,9-6+. The molecule has 0 saturated carbocycles. The predicted octanol–water partition coefficient (Wildman–Crippen LogP) is 1.64. The van der Waals surface area contributed by atoms with E-state index in [1.54, 1.807) is 26.0 Å². The minimum atomic E-state index is -0.737. The Kier molecular flexibility index (Phi) is 4.86. The second-order valence-electron chi connectivity index (χ2n) is 3.49. The fourth-order valence-electron chi connectivity index (χ4n) is 0.772. The Labute approximate surface area is 74.2 Å². The lowest BCUT2D eigenvalue weighted by Crippen LogP contribution is -2.13. The van der Waals surface area contributed by atoms with Crippen molar-refractivity contribution in [1.29, 1.82) is 0 Å². The van der Waals surface area contributed by atoms with Gasteiger partial charge in [0, 0.05) is 0 Å². The quantitative estimate of drug-likeness (QED) is 0.630. The fourth-order valence-corrected chi connectivity index (χ4v) is 0.772. The summed E-state index contributed by atoms with van der Waals surface area (Å²) in [5, 5.41) is 17.9. The van der Waals surface area contributed by atoms with Gasteiger partial charge in [0.1, 0.15) is 0 Å². The highest BCUT2D eigenvalue weighted by Gasteiger charge is 2.04. The molecule has 0 heterocycles. The SMILES string of the molecule is C/C(=C\CO)C/C=C/C(C)(C)O. The van der Waals surface area contributed by atoms with Gasteiger partial charge < -0.3 is 10.2 Å². The van der Waals surface area contributed by atoms with Crippen molar-refractivity contribution >= 4 is 0 Å². The van der Waals surface area contributed by atoms with E-state index in [-0.39, 0.29) is 6.61 Å². The van der Waals surface area contributed by atoms with Crippen molar-refractivity contribution < 1.29 is 10.2 Å². The van der Waals surface area contributed by atoms with Crippen molar-refractivity contribution in [3.63, 3.8) is 0 Å². The maximum absolute atomic E-state index is 9.30. The number of hydrogen-bond donors (Lipinski definition) is 2. The molecule has 0 aliphatic heterocycles. The summed E-state index contributed by atoms with van der Waals surface area (Å²) in [5.41, 5.74) is 0.373. The molecular formula is C10H18O2. The molecule has 2 N–H and O–H groups in total. The molecule has 0 spiro atoms. The highest BCUT2D eigenvalue weighted by molar-refractivity contribution is 5.07. The second kappa shape index (κ2) is 5.12. The van der Waals surface area contributed by atoms with E-state index in [0.717, 1.165) is 12.0 Å². The average Bonchev–Trinajstić information content (AvgIpc) is 1.84. The molecule has 0 unspecified atom stereocenters. The smallest absolute Gasteiger partial charge is 0.0771 e. The molecule has 2 heteroatoms. The van der Waals surface area contributed by atoms with Gasteiger partial charge in [0.15, 0.2) is 0 Å². The molecule has 0 aromatic carbocycles. The zero-order chi connectivity index (χ0) is 9.61. The molecule has 0 amide bonds. The van der Waals surface area contributed by atoms with Gasteiger partial charge in [0.2, 0.25) is 0 Å². The van der Waals surface area contributed by atoms with Crippen LogP contribution in [0, 0.1) is 0 Å². The Morgan fingerprint density at radius 1 is 1.42 bits per heavy atom. The van der Waals surface area contributed by atoms with Crippen LogP contribution in [0.1, 0.15) is 27.2 Å². The summed E-state index contributed by atoms with van der Waals surface area (Å²) in [7, 11) is 0. The third kappa shape index (κ3) is 7.51. The van der Waals surface area contributed by atoms with E-state index in [4.69, 9.17) is 5.11 Å². The third-order valence-corrected chi connectivity index (χ3v) is 1.41. The van der Waals surface area contributed by atoms with Gasteiger partial charge in [-0.2, -0.15) is 0 Å². The van der Waals surface area contributed by atoms with Crippen LogP contribution in [0.4, 0.5) is 0 Å². The monoisotopic (exact) mass is 170 g/mol. The average molecular weight is 170 g/mol. The van der Waals surface area contributed by atoms with Crippen molar-refractivity contribution in [3.8, 4) is 0 Å². The second-order valence-corrected chi connectivity index (χ2v) is 3.49. The van der Waals surface area contributed by atoms with Crippen molar-refractivity contribution in [2.75, 3.05) is 6.61 Å². The first kappa shape index (κ1) is 11.4. The largest absolute Gasteiger partial charge is 0.392 e. The fraction of sp³-hybridized carbons (Fsp3) is 0.600. The molecule has 70 valence electrons. The Morgan fingerprint density at radius 2 is 2.00 bits per heavy atom. The van der Waals surface area contributed by atoms with Crippen LogP contribution in [0.2, 0.25) is 0 Å². The molecule has 2 nitrogen and oxygen atoms in total. The molecule has 0 aromatic rings. The summed E-state index contributed by atoms with van der Waals surface area (Å²) in [6, 6.07) is 0. The number of aliphatic hydroxyl groups is 2. The van der Waals surface area contributed by atoms with E-state index in [2.05, 4.69) is 0 Å². The van der Waals surface area contributed by atoms with Gasteiger partial charge in [-0.25, -0.2) is 0 Å². The van der Waals surface area contributed by atoms with Crippen molar-refractivity contribution in [3.05, 3.63) is 23.8 Å². The summed E-state index contributed by atoms with van der Waals surface area (Å²) in [4.78, 5) is 0. The number of hydrogen-bond acceptors (Lipinski definition) is 2. The van der Waals surface area contributed by atoms with Crippen LogP contribution in [0.3, 0.4) is 0 Å². The van der Waals surface area contributed by atoms with Crippen LogP contribution in [-0.2, 0) is 0 Å². The third-order valence-electron chi connectivity index (χ3n) is 1.41. The molecule has 0 rings (SSSR count). The van der Waals surface area contributed by atoms with Gasteiger partial charge in [-0.15, -0.1) is 0 Å². The van der Waals surface area contributed by atoms with Crippen LogP contribution >= 0.6 is 0 Å². The van der Waals surface area contributed by atoms with Crippen LogP contribution in [0.5, 0.6) is 0 Å². The lowest BCUT2D eigenvalue weighted by molar-refractivity contribution is 0.133. The molecule has 0 atom stereocenters. The number of rotatable bonds is 4. The topological polar surface area (TPSA) is 40.5 Å². The van der Waals surface area contributed by atoms with E-state index in [9.17, 15) is 5.11 Å². The first-order chi connectivity index (χ1) is 5.45. The summed E-state index contributed by atoms with van der Waals surface area (Å²) >= 11 is 0. The lowest BCUT2D eigenvalue weighted by Gasteiger charge is -2.09. The zero-order valence-corrected chi connectivity index (χ0v) is 8.04. The van der Waals surface area contributed by atoms with Crippen LogP contribution < -0.4 is 0 Å². The lowest BCUT2D eigenvalue weighted by atomic mass is 10.1. The van der Waals surface area contributed by atoms with Crippen LogP contribution in [0.25, 0.3) is 0 Å². The van der Waals surface area contributed by atoms with E-state index < -0.39 is 5.60 Å². The Hall–Kier alpha value is -0.600. The highest BCUT2D eigenvalue weighted by Crippen LogP contribution is 2.06. The minimum Gasteiger partial charge on any atom is -0.392 e. The first-order valence-corrected chi connectivity index (χ1v) is 4.12. The molecule has 0 radical (unpaired) electrons. The molecule has 12 heavy (non-hydrogen) atoms. The maximum atomic E-state index is 9.30. The van der Waals surface area contributed by atoms with E-state index >= 15 is 0 Å². The van der Waals surface area contributed by atoms with Crippen LogP contribution in [0.15, 0.2) is 23.8 Å². The maximum Gasteiger partial charge on any atom is 0.0771 e. The summed E-state index contributed by atoms with van der Waals surface area (Å²) in [6.45, 7) is 5.50. The Balaban J connectivity index is 3.83. The summed E-state index contributed by atoms with van der Waals surface area (Å²) < 4.78 is 0. The van der Waals surface area contributed by atoms with E-state index in [1.165, 1.54) is 0 Å². The summed E-state index contributed by atoms with van der Waals surface area (Å²) in [6.07, 6.45) is 6.20. The molecule has 0 aliphatic carbocycles. The molecule has 0 saturated heterocycles. The zero-order valence-electron chi connectivity index (χ0n) is 8.04.